The first-order valence-electron chi connectivity index (χ1n) is 8.09. The van der Waals surface area contributed by atoms with Crippen molar-refractivity contribution in [1.29, 1.82) is 0 Å². The average Bonchev–Trinajstić information content (AvgIpc) is 2.45. The molecular formula is C17H25FN2O3S. The Morgan fingerprint density at radius 2 is 1.83 bits per heavy atom. The number of sulfonamides is 1. The van der Waals surface area contributed by atoms with Gasteiger partial charge >= 0.3 is 0 Å². The summed E-state index contributed by atoms with van der Waals surface area (Å²) < 4.78 is 40.0. The minimum absolute atomic E-state index is 0.0301. The number of benzene rings is 1. The van der Waals surface area contributed by atoms with Crippen LogP contribution in [-0.4, -0.2) is 37.3 Å². The Morgan fingerprint density at radius 3 is 2.33 bits per heavy atom. The molecule has 0 spiro atoms. The molecule has 134 valence electrons. The van der Waals surface area contributed by atoms with Crippen LogP contribution in [0.5, 0.6) is 0 Å². The molecule has 1 aliphatic rings. The number of aryl methyl sites for hydroxylation is 1. The second-order valence-electron chi connectivity index (χ2n) is 7.33. The molecule has 0 atom stereocenters. The lowest BCUT2D eigenvalue weighted by Gasteiger charge is -2.32. The van der Waals surface area contributed by atoms with Gasteiger partial charge in [0.2, 0.25) is 15.9 Å². The predicted molar refractivity (Wildman–Crippen MR) is 90.5 cm³/mol. The highest BCUT2D eigenvalue weighted by molar-refractivity contribution is 7.89. The second-order valence-corrected chi connectivity index (χ2v) is 9.23. The third-order valence-corrected chi connectivity index (χ3v) is 6.14. The maximum absolute atomic E-state index is 13.2. The van der Waals surface area contributed by atoms with Crippen LogP contribution in [0.1, 0.15) is 39.2 Å². The SMILES string of the molecule is Cc1cc(F)ccc1S(=O)(=O)N1CCC(C(=O)NC(C)(C)C)CC1. The van der Waals surface area contributed by atoms with Crippen LogP contribution in [0, 0.1) is 18.7 Å². The largest absolute Gasteiger partial charge is 0.351 e. The van der Waals surface area contributed by atoms with Gasteiger partial charge in [0, 0.05) is 24.5 Å². The molecule has 1 aromatic rings. The number of piperidine rings is 1. The molecule has 24 heavy (non-hydrogen) atoms. The van der Waals surface area contributed by atoms with Crippen molar-refractivity contribution in [3.8, 4) is 0 Å². The van der Waals surface area contributed by atoms with Crippen LogP contribution in [0.15, 0.2) is 23.1 Å². The Balaban J connectivity index is 2.07. The van der Waals surface area contributed by atoms with Crippen molar-refractivity contribution in [2.24, 2.45) is 5.92 Å². The highest BCUT2D eigenvalue weighted by Gasteiger charge is 2.33. The van der Waals surface area contributed by atoms with Crippen LogP contribution >= 0.6 is 0 Å². The zero-order valence-electron chi connectivity index (χ0n) is 14.6. The van der Waals surface area contributed by atoms with Crippen molar-refractivity contribution in [2.75, 3.05) is 13.1 Å². The Hall–Kier alpha value is -1.47. The summed E-state index contributed by atoms with van der Waals surface area (Å²) in [6.45, 7) is 7.92. The summed E-state index contributed by atoms with van der Waals surface area (Å²) in [6, 6.07) is 3.68. The Morgan fingerprint density at radius 1 is 1.25 bits per heavy atom. The topological polar surface area (TPSA) is 66.5 Å². The molecule has 0 saturated carbocycles. The van der Waals surface area contributed by atoms with Gasteiger partial charge in [0.05, 0.1) is 4.90 Å². The van der Waals surface area contributed by atoms with E-state index in [1.165, 1.54) is 16.4 Å². The van der Waals surface area contributed by atoms with Gasteiger partial charge in [-0.1, -0.05) is 0 Å². The van der Waals surface area contributed by atoms with Crippen LogP contribution in [0.25, 0.3) is 0 Å². The van der Waals surface area contributed by atoms with Crippen LogP contribution in [-0.2, 0) is 14.8 Å². The van der Waals surface area contributed by atoms with E-state index in [2.05, 4.69) is 5.32 Å². The minimum atomic E-state index is -3.66. The van der Waals surface area contributed by atoms with Gasteiger partial charge in [0.25, 0.3) is 0 Å². The Kier molecular flexibility index (Phi) is 5.34. The second kappa shape index (κ2) is 6.80. The third-order valence-electron chi connectivity index (χ3n) is 4.08. The number of carbonyl (C=O) groups is 1. The molecule has 0 aromatic heterocycles. The lowest BCUT2D eigenvalue weighted by Crippen LogP contribution is -2.47. The van der Waals surface area contributed by atoms with E-state index in [-0.39, 0.29) is 22.3 Å². The first-order valence-corrected chi connectivity index (χ1v) is 9.53. The van der Waals surface area contributed by atoms with Gasteiger partial charge in [-0.15, -0.1) is 0 Å². The third kappa shape index (κ3) is 4.33. The molecule has 0 unspecified atom stereocenters. The van der Waals surface area contributed by atoms with Crippen molar-refractivity contribution >= 4 is 15.9 Å². The van der Waals surface area contributed by atoms with E-state index in [1.807, 2.05) is 20.8 Å². The summed E-state index contributed by atoms with van der Waals surface area (Å²) in [5.74, 6) is -0.661. The molecule has 1 fully saturated rings. The number of hydrogen-bond donors (Lipinski definition) is 1. The molecule has 1 aromatic carbocycles. The fraction of sp³-hybridized carbons (Fsp3) is 0.588. The van der Waals surface area contributed by atoms with Crippen molar-refractivity contribution in [2.45, 2.75) is 51.0 Å². The van der Waals surface area contributed by atoms with Gasteiger partial charge < -0.3 is 5.32 Å². The van der Waals surface area contributed by atoms with E-state index in [1.54, 1.807) is 6.92 Å². The zero-order chi connectivity index (χ0) is 18.1. The number of halogens is 1. The summed E-state index contributed by atoms with van der Waals surface area (Å²) in [6.07, 6.45) is 0.975. The van der Waals surface area contributed by atoms with Crippen LogP contribution < -0.4 is 5.32 Å². The lowest BCUT2D eigenvalue weighted by atomic mass is 9.96. The summed E-state index contributed by atoms with van der Waals surface area (Å²) in [7, 11) is -3.66. The van der Waals surface area contributed by atoms with Crippen molar-refractivity contribution in [3.63, 3.8) is 0 Å². The Bertz CT molecular complexity index is 718. The monoisotopic (exact) mass is 356 g/mol. The van der Waals surface area contributed by atoms with E-state index in [0.29, 0.717) is 31.5 Å². The molecule has 7 heteroatoms. The Labute approximate surface area is 143 Å². The van der Waals surface area contributed by atoms with Crippen molar-refractivity contribution in [3.05, 3.63) is 29.6 Å². The molecule has 0 radical (unpaired) electrons. The van der Waals surface area contributed by atoms with Crippen LogP contribution in [0.2, 0.25) is 0 Å². The van der Waals surface area contributed by atoms with Gasteiger partial charge in [0.1, 0.15) is 5.82 Å². The van der Waals surface area contributed by atoms with Gasteiger partial charge in [-0.05, 0) is 64.3 Å². The van der Waals surface area contributed by atoms with Gasteiger partial charge in [-0.2, -0.15) is 4.31 Å². The van der Waals surface area contributed by atoms with E-state index in [9.17, 15) is 17.6 Å². The molecule has 1 amide bonds. The molecule has 1 saturated heterocycles. The summed E-state index contributed by atoms with van der Waals surface area (Å²) in [5.41, 5.74) is 0.0912. The van der Waals surface area contributed by atoms with Crippen molar-refractivity contribution < 1.29 is 17.6 Å². The minimum Gasteiger partial charge on any atom is -0.351 e. The van der Waals surface area contributed by atoms with Gasteiger partial charge in [0.15, 0.2) is 0 Å². The lowest BCUT2D eigenvalue weighted by molar-refractivity contribution is -0.127. The van der Waals surface area contributed by atoms with E-state index in [4.69, 9.17) is 0 Å². The molecule has 1 aliphatic heterocycles. The van der Waals surface area contributed by atoms with Crippen LogP contribution in [0.3, 0.4) is 0 Å². The highest BCUT2D eigenvalue weighted by atomic mass is 32.2. The first kappa shape index (κ1) is 18.9. The average molecular weight is 356 g/mol. The molecule has 0 bridgehead atoms. The number of carbonyl (C=O) groups excluding carboxylic acids is 1. The fourth-order valence-electron chi connectivity index (χ4n) is 2.87. The molecule has 1 heterocycles. The predicted octanol–water partition coefficient (Wildman–Crippen LogP) is 2.45. The van der Waals surface area contributed by atoms with Gasteiger partial charge in [-0.3, -0.25) is 4.79 Å². The van der Waals surface area contributed by atoms with Crippen LogP contribution in [0.4, 0.5) is 4.39 Å². The van der Waals surface area contributed by atoms with Crippen molar-refractivity contribution in [1.82, 2.24) is 9.62 Å². The number of hydrogen-bond acceptors (Lipinski definition) is 3. The molecule has 5 nitrogen and oxygen atoms in total. The maximum Gasteiger partial charge on any atom is 0.243 e. The smallest absolute Gasteiger partial charge is 0.243 e. The summed E-state index contributed by atoms with van der Waals surface area (Å²) in [5, 5.41) is 2.94. The van der Waals surface area contributed by atoms with E-state index >= 15 is 0 Å². The maximum atomic E-state index is 13.2. The molecule has 2 rings (SSSR count). The van der Waals surface area contributed by atoms with Gasteiger partial charge in [-0.25, -0.2) is 12.8 Å². The summed E-state index contributed by atoms with van der Waals surface area (Å²) in [4.78, 5) is 12.3. The zero-order valence-corrected chi connectivity index (χ0v) is 15.4. The molecule has 0 aliphatic carbocycles. The number of rotatable bonds is 3. The number of amides is 1. The molecular weight excluding hydrogens is 331 g/mol. The highest BCUT2D eigenvalue weighted by Crippen LogP contribution is 2.26. The number of nitrogens with one attached hydrogen (secondary N) is 1. The quantitative estimate of drug-likeness (QED) is 0.905. The first-order chi connectivity index (χ1) is 11.0. The fourth-order valence-corrected chi connectivity index (χ4v) is 4.55. The molecule has 1 N–H and O–H groups in total. The summed E-state index contributed by atoms with van der Waals surface area (Å²) >= 11 is 0. The normalized spacial score (nSPS) is 17.7. The van der Waals surface area contributed by atoms with E-state index < -0.39 is 15.8 Å². The standard InChI is InChI=1S/C17H25FN2O3S/c1-12-11-14(18)5-6-15(12)24(22,23)20-9-7-13(8-10-20)16(21)19-17(2,3)4/h5-6,11,13H,7-10H2,1-4H3,(H,19,21). The number of nitrogens with zero attached hydrogens (tertiary/aromatic N) is 1. The van der Waals surface area contributed by atoms with E-state index in [0.717, 1.165) is 6.07 Å².